The number of amides is 2. The van der Waals surface area contributed by atoms with E-state index in [1.807, 2.05) is 31.2 Å². The molecule has 6 heterocycles. The summed E-state index contributed by atoms with van der Waals surface area (Å²) in [7, 11) is -1.14. The average molecular weight is 1040 g/mol. The van der Waals surface area contributed by atoms with Gasteiger partial charge in [-0.2, -0.15) is 4.98 Å². The fourth-order valence-corrected chi connectivity index (χ4v) is 12.3. The van der Waals surface area contributed by atoms with Crippen molar-refractivity contribution in [2.24, 2.45) is 7.05 Å². The lowest BCUT2D eigenvalue weighted by atomic mass is 9.99. The van der Waals surface area contributed by atoms with Gasteiger partial charge in [0.1, 0.15) is 30.6 Å². The molecule has 9 rings (SSSR count). The van der Waals surface area contributed by atoms with E-state index in [0.717, 1.165) is 92.5 Å². The Hall–Kier alpha value is -5.68. The Morgan fingerprint density at radius 2 is 1.67 bits per heavy atom. The number of carbonyl (C=O) groups excluding carboxylic acids is 2. The van der Waals surface area contributed by atoms with E-state index in [1.54, 1.807) is 32.6 Å². The highest BCUT2D eigenvalue weighted by atomic mass is 79.9. The molecule has 0 spiro atoms. The highest BCUT2D eigenvalue weighted by Crippen LogP contribution is 2.43. The van der Waals surface area contributed by atoms with Crippen molar-refractivity contribution in [3.05, 3.63) is 92.3 Å². The minimum Gasteiger partial charge on any atom is -0.492 e. The molecule has 370 valence electrons. The van der Waals surface area contributed by atoms with Crippen LogP contribution in [0.15, 0.2) is 64.0 Å². The zero-order valence-corrected chi connectivity index (χ0v) is 43.3. The molecule has 0 radical (unpaired) electrons. The van der Waals surface area contributed by atoms with Crippen molar-refractivity contribution >= 4 is 91.0 Å². The number of benzene rings is 3. The average Bonchev–Trinajstić information content (AvgIpc) is 3.60. The predicted octanol–water partition coefficient (Wildman–Crippen LogP) is 7.65. The molecule has 6 aromatic rings. The van der Waals surface area contributed by atoms with Gasteiger partial charge in [0.25, 0.3) is 0 Å². The Morgan fingerprint density at radius 1 is 0.900 bits per heavy atom. The van der Waals surface area contributed by atoms with Gasteiger partial charge in [0.05, 0.1) is 39.0 Å². The van der Waals surface area contributed by atoms with Crippen molar-refractivity contribution in [2.45, 2.75) is 77.8 Å². The van der Waals surface area contributed by atoms with Crippen LogP contribution < -0.4 is 36.6 Å². The third-order valence-electron chi connectivity index (χ3n) is 14.1. The maximum absolute atomic E-state index is 15.5. The molecule has 1 unspecified atom stereocenters. The van der Waals surface area contributed by atoms with Crippen LogP contribution in [0.25, 0.3) is 21.9 Å². The summed E-state index contributed by atoms with van der Waals surface area (Å²) < 4.78 is 39.0. The van der Waals surface area contributed by atoms with Crippen LogP contribution in [-0.2, 0) is 40.5 Å². The summed E-state index contributed by atoms with van der Waals surface area (Å²) in [5, 5.41) is 10.8. The Bertz CT molecular complexity index is 3090. The van der Waals surface area contributed by atoms with Crippen LogP contribution in [0.3, 0.4) is 0 Å². The second kappa shape index (κ2) is 20.6. The van der Waals surface area contributed by atoms with Gasteiger partial charge in [0.15, 0.2) is 0 Å². The van der Waals surface area contributed by atoms with E-state index in [2.05, 4.69) is 77.5 Å². The van der Waals surface area contributed by atoms with Gasteiger partial charge >= 0.3 is 5.69 Å². The van der Waals surface area contributed by atoms with Crippen molar-refractivity contribution in [2.75, 3.05) is 81.3 Å². The Kier molecular flexibility index (Phi) is 14.5. The number of piperidine rings is 2. The smallest absolute Gasteiger partial charge is 0.329 e. The van der Waals surface area contributed by atoms with E-state index in [9.17, 15) is 18.9 Å². The second-order valence-corrected chi connectivity index (χ2v) is 22.9. The first-order valence-electron chi connectivity index (χ1n) is 24.4. The van der Waals surface area contributed by atoms with E-state index in [0.29, 0.717) is 69.9 Å². The number of nitrogens with zero attached hydrogens (tertiary/aromatic N) is 8. The number of carbonyl (C=O) groups is 2. The van der Waals surface area contributed by atoms with Gasteiger partial charge in [-0.3, -0.25) is 33.9 Å². The standard InChI is InChI=1S/C51H62BrFN11O5P/c1-7-31-28-40(57-50-54-30-36(52)48(59-50)56-39-14-13-38-35(47(39)70(5,6)68)11-10-32(8-2)55-38)44(69-9-3)29-43(31)63-22-18-33(19-23-63)62-26-24-61(25-27-62)21-20-34-37(53)12-15-41-46(34)60(4)51(67)64(41)42-16-17-45(65)58-49(42)66/h10-15,28-30,33,42H,7-9,16-27H2,1-6H3,(H,58,65,66)(H2,54,56,57,59). The van der Waals surface area contributed by atoms with Gasteiger partial charge in [0.2, 0.25) is 17.8 Å². The largest absolute Gasteiger partial charge is 0.492 e. The van der Waals surface area contributed by atoms with Crippen LogP contribution in [0.1, 0.15) is 69.3 Å². The second-order valence-electron chi connectivity index (χ2n) is 18.9. The van der Waals surface area contributed by atoms with Crippen LogP contribution in [-0.4, -0.2) is 117 Å². The van der Waals surface area contributed by atoms with Crippen LogP contribution in [0.4, 0.5) is 33.2 Å². The number of fused-ring (bicyclic) bond motifs is 2. The van der Waals surface area contributed by atoms with Crippen molar-refractivity contribution in [1.29, 1.82) is 0 Å². The zero-order chi connectivity index (χ0) is 49.4. The molecule has 2 amide bonds. The number of aromatic nitrogens is 5. The molecule has 1 atom stereocenters. The Balaban J connectivity index is 0.836. The molecule has 3 fully saturated rings. The maximum atomic E-state index is 15.5. The SMILES string of the molecule is CCOc1cc(N2CCC(N3CCN(CCc4c(F)ccc5c4n(C)c(=O)n5C4CCC(=O)NC4=O)CC3)CC2)c(CC)cc1Nc1ncc(Br)c(Nc2ccc3nc(CC)ccc3c2P(C)(C)=O)n1. The van der Waals surface area contributed by atoms with E-state index in [-0.39, 0.29) is 24.6 Å². The number of pyridine rings is 1. The van der Waals surface area contributed by atoms with Crippen molar-refractivity contribution in [3.63, 3.8) is 0 Å². The first-order chi connectivity index (χ1) is 33.6. The van der Waals surface area contributed by atoms with Gasteiger partial charge in [-0.15, -0.1) is 0 Å². The first-order valence-corrected chi connectivity index (χ1v) is 27.8. The monoisotopic (exact) mass is 1040 g/mol. The van der Waals surface area contributed by atoms with E-state index in [4.69, 9.17) is 14.7 Å². The third kappa shape index (κ3) is 9.97. The number of nitrogens with one attached hydrogen (secondary N) is 3. The number of aryl methyl sites for hydroxylation is 3. The third-order valence-corrected chi connectivity index (χ3v) is 16.3. The molecule has 3 aromatic heterocycles. The highest BCUT2D eigenvalue weighted by Gasteiger charge is 2.33. The van der Waals surface area contributed by atoms with Gasteiger partial charge in [0, 0.05) is 105 Å². The lowest BCUT2D eigenvalue weighted by Crippen LogP contribution is -2.53. The van der Waals surface area contributed by atoms with Crippen LogP contribution >= 0.6 is 23.1 Å². The fourth-order valence-electron chi connectivity index (χ4n) is 10.5. The molecule has 3 aromatic carbocycles. The summed E-state index contributed by atoms with van der Waals surface area (Å²) in [6.45, 7) is 16.3. The Labute approximate surface area is 415 Å². The minimum atomic E-state index is -2.76. The van der Waals surface area contributed by atoms with Crippen molar-refractivity contribution in [3.8, 4) is 5.75 Å². The topological polar surface area (TPSA) is 172 Å². The number of piperazine rings is 1. The number of imidazole rings is 1. The number of rotatable bonds is 15. The quantitative estimate of drug-likeness (QED) is 0.0678. The molecule has 0 bridgehead atoms. The van der Waals surface area contributed by atoms with Gasteiger partial charge < -0.3 is 29.7 Å². The normalized spacial score (nSPS) is 17.7. The molecule has 0 saturated carbocycles. The summed E-state index contributed by atoms with van der Waals surface area (Å²) in [6, 6.07) is 14.8. The number of ether oxygens (including phenoxy) is 1. The molecule has 0 aliphatic carbocycles. The van der Waals surface area contributed by atoms with Crippen LogP contribution in [0.2, 0.25) is 0 Å². The zero-order valence-electron chi connectivity index (χ0n) is 40.8. The molecular formula is C51H62BrFN11O5P. The first kappa shape index (κ1) is 49.3. The maximum Gasteiger partial charge on any atom is 0.329 e. The van der Waals surface area contributed by atoms with E-state index in [1.165, 1.54) is 26.5 Å². The molecule has 3 aliphatic rings. The minimum absolute atomic E-state index is 0.144. The molecular weight excluding hydrogens is 977 g/mol. The van der Waals surface area contributed by atoms with Gasteiger partial charge in [-0.1, -0.05) is 19.9 Å². The molecule has 19 heteroatoms. The molecule has 3 N–H and O–H groups in total. The lowest BCUT2D eigenvalue weighted by molar-refractivity contribution is -0.135. The Morgan fingerprint density at radius 3 is 2.37 bits per heavy atom. The number of imide groups is 1. The van der Waals surface area contributed by atoms with Gasteiger partial charge in [-0.25, -0.2) is 14.2 Å². The number of hydrogen-bond acceptors (Lipinski definition) is 13. The van der Waals surface area contributed by atoms with Gasteiger partial charge in [-0.05, 0) is 117 Å². The summed E-state index contributed by atoms with van der Waals surface area (Å²) in [5.74, 6) is 0.391. The summed E-state index contributed by atoms with van der Waals surface area (Å²) in [4.78, 5) is 59.7. The molecule has 70 heavy (non-hydrogen) atoms. The van der Waals surface area contributed by atoms with Crippen molar-refractivity contribution < 1.29 is 23.3 Å². The number of hydrogen-bond donors (Lipinski definition) is 3. The van der Waals surface area contributed by atoms with E-state index < -0.39 is 24.8 Å². The van der Waals surface area contributed by atoms with Crippen LogP contribution in [0.5, 0.6) is 5.75 Å². The predicted molar refractivity (Wildman–Crippen MR) is 279 cm³/mol. The lowest BCUT2D eigenvalue weighted by Gasteiger charge is -2.43. The van der Waals surface area contributed by atoms with Crippen LogP contribution in [0, 0.1) is 5.82 Å². The molecule has 3 aliphatic heterocycles. The summed E-state index contributed by atoms with van der Waals surface area (Å²) in [5.41, 5.74) is 6.69. The molecule has 3 saturated heterocycles. The summed E-state index contributed by atoms with van der Waals surface area (Å²) in [6.07, 6.45) is 6.19. The van der Waals surface area contributed by atoms with Crippen molar-refractivity contribution in [1.82, 2.24) is 39.2 Å². The highest BCUT2D eigenvalue weighted by molar-refractivity contribution is 9.10. The number of halogens is 2. The number of anilines is 5. The molecule has 16 nitrogen and oxygen atoms in total. The van der Waals surface area contributed by atoms with E-state index >= 15 is 4.39 Å². The summed E-state index contributed by atoms with van der Waals surface area (Å²) >= 11 is 3.64. The fraction of sp³-hybridized carbons (Fsp3) is 0.451.